The van der Waals surface area contributed by atoms with Gasteiger partial charge in [-0.2, -0.15) is 0 Å². The summed E-state index contributed by atoms with van der Waals surface area (Å²) in [6.07, 6.45) is 13.5. The molecule has 12 nitrogen and oxygen atoms in total. The van der Waals surface area contributed by atoms with Crippen LogP contribution in [0.4, 0.5) is 0 Å². The van der Waals surface area contributed by atoms with E-state index in [2.05, 4.69) is 75.4 Å². The van der Waals surface area contributed by atoms with E-state index >= 15 is 0 Å². The quantitative estimate of drug-likeness (QED) is 0.121. The number of allylic oxidation sites excluding steroid dienone is 7. The molecule has 0 spiro atoms. The second-order valence-corrected chi connectivity index (χ2v) is 17.4. The molecule has 8 atom stereocenters. The highest BCUT2D eigenvalue weighted by Crippen LogP contribution is 2.56. The van der Waals surface area contributed by atoms with E-state index in [9.17, 15) is 15.3 Å². The lowest BCUT2D eigenvalue weighted by atomic mass is 9.63. The molecule has 0 bridgehead atoms. The molecule has 3 heterocycles. The van der Waals surface area contributed by atoms with E-state index in [4.69, 9.17) is 42.6 Å². The number of rotatable bonds is 24. The molecule has 3 aliphatic carbocycles. The van der Waals surface area contributed by atoms with Crippen molar-refractivity contribution in [3.63, 3.8) is 0 Å². The second kappa shape index (κ2) is 18.6. The summed E-state index contributed by atoms with van der Waals surface area (Å²) in [5, 5.41) is 31.4. The highest BCUT2D eigenvalue weighted by molar-refractivity contribution is 5.85. The van der Waals surface area contributed by atoms with Gasteiger partial charge in [-0.3, -0.25) is 0 Å². The summed E-state index contributed by atoms with van der Waals surface area (Å²) in [6, 6.07) is 12.3. The fourth-order valence-corrected chi connectivity index (χ4v) is 8.30. The average molecular weight is 817 g/mol. The van der Waals surface area contributed by atoms with Crippen LogP contribution >= 0.6 is 0 Å². The zero-order valence-corrected chi connectivity index (χ0v) is 34.5. The van der Waals surface area contributed by atoms with Crippen LogP contribution in [-0.2, 0) is 38.6 Å². The minimum Gasteiger partial charge on any atom is -0.491 e. The van der Waals surface area contributed by atoms with Crippen LogP contribution in [0.2, 0.25) is 0 Å². The van der Waals surface area contributed by atoms with Crippen LogP contribution in [0.15, 0.2) is 84.2 Å². The van der Waals surface area contributed by atoms with Crippen molar-refractivity contribution in [1.29, 1.82) is 0 Å². The molecule has 2 aromatic carbocycles. The number of hydrogen-bond donors (Lipinski definition) is 3. The van der Waals surface area contributed by atoms with Crippen molar-refractivity contribution >= 4 is 0 Å². The van der Waals surface area contributed by atoms with E-state index < -0.39 is 23.7 Å². The lowest BCUT2D eigenvalue weighted by Gasteiger charge is -2.41. The van der Waals surface area contributed by atoms with Crippen LogP contribution < -0.4 is 9.47 Å². The number of benzene rings is 2. The predicted octanol–water partition coefficient (Wildman–Crippen LogP) is 5.06. The van der Waals surface area contributed by atoms with Gasteiger partial charge in [0.05, 0.1) is 59.5 Å². The highest BCUT2D eigenvalue weighted by atomic mass is 16.6. The van der Waals surface area contributed by atoms with Gasteiger partial charge in [-0.05, 0) is 101 Å². The summed E-state index contributed by atoms with van der Waals surface area (Å²) in [4.78, 5) is 0. The van der Waals surface area contributed by atoms with Gasteiger partial charge in [-0.25, -0.2) is 0 Å². The van der Waals surface area contributed by atoms with Crippen molar-refractivity contribution in [2.24, 2.45) is 17.3 Å². The van der Waals surface area contributed by atoms with Gasteiger partial charge in [-0.1, -0.05) is 50.3 Å². The van der Waals surface area contributed by atoms with Gasteiger partial charge < -0.3 is 58.0 Å². The molecule has 3 N–H and O–H groups in total. The molecule has 8 rings (SSSR count). The van der Waals surface area contributed by atoms with E-state index in [1.165, 1.54) is 5.57 Å². The number of hydrogen-bond acceptors (Lipinski definition) is 12. The first kappa shape index (κ1) is 42.1. The zero-order chi connectivity index (χ0) is 41.0. The van der Waals surface area contributed by atoms with Gasteiger partial charge in [0.15, 0.2) is 0 Å². The van der Waals surface area contributed by atoms with E-state index in [1.807, 2.05) is 18.2 Å². The van der Waals surface area contributed by atoms with Gasteiger partial charge in [0.25, 0.3) is 0 Å². The summed E-state index contributed by atoms with van der Waals surface area (Å²) in [5.74, 6) is 2.74. The predicted molar refractivity (Wildman–Crippen MR) is 219 cm³/mol. The lowest BCUT2D eigenvalue weighted by molar-refractivity contribution is -0.00511. The Balaban J connectivity index is 0.930. The van der Waals surface area contributed by atoms with Crippen LogP contribution in [0.1, 0.15) is 44.7 Å². The number of ether oxygens (including phenoxy) is 9. The van der Waals surface area contributed by atoms with Gasteiger partial charge in [0.2, 0.25) is 0 Å². The molecular weight excluding hydrogens is 757 g/mol. The maximum absolute atomic E-state index is 10.5. The van der Waals surface area contributed by atoms with E-state index in [0.29, 0.717) is 56.4 Å². The SMILES string of the molecule is CC1(C2=CCC(C(C)(C)C3C=CC(OCC(O)COCC4CO4)=CC3)C=C2)c2ccc(OCC(O)COCC3CO3)cc2-c2cc(OCC(O)COCC3CO3)ccc21. The Morgan fingerprint density at radius 2 is 1.07 bits per heavy atom. The lowest BCUT2D eigenvalue weighted by Crippen LogP contribution is -2.33. The van der Waals surface area contributed by atoms with Gasteiger partial charge >= 0.3 is 0 Å². The Morgan fingerprint density at radius 3 is 1.47 bits per heavy atom. The third-order valence-corrected chi connectivity index (χ3v) is 12.4. The smallest absolute Gasteiger partial charge is 0.120 e. The summed E-state index contributed by atoms with van der Waals surface area (Å²) < 4.78 is 50.3. The first-order valence-electron chi connectivity index (χ1n) is 21.1. The molecule has 3 fully saturated rings. The number of epoxide rings is 3. The zero-order valence-electron chi connectivity index (χ0n) is 34.5. The molecule has 320 valence electrons. The van der Waals surface area contributed by atoms with Crippen molar-refractivity contribution in [3.05, 3.63) is 95.3 Å². The topological polar surface area (TPSA) is 154 Å². The maximum atomic E-state index is 10.5. The fraction of sp³-hybridized carbons (Fsp3) is 0.574. The van der Waals surface area contributed by atoms with Crippen molar-refractivity contribution in [2.45, 2.75) is 75.7 Å². The largest absolute Gasteiger partial charge is 0.491 e. The van der Waals surface area contributed by atoms with Crippen LogP contribution in [-0.4, -0.2) is 131 Å². The first-order valence-corrected chi connectivity index (χ1v) is 21.1. The van der Waals surface area contributed by atoms with Gasteiger partial charge in [-0.15, -0.1) is 0 Å². The third-order valence-electron chi connectivity index (χ3n) is 12.4. The summed E-state index contributed by atoms with van der Waals surface area (Å²) in [5.41, 5.74) is 5.17. The summed E-state index contributed by atoms with van der Waals surface area (Å²) >= 11 is 0. The third kappa shape index (κ3) is 10.7. The summed E-state index contributed by atoms with van der Waals surface area (Å²) in [6.45, 7) is 11.6. The first-order chi connectivity index (χ1) is 28.6. The Hall–Kier alpha value is -3.56. The van der Waals surface area contributed by atoms with E-state index in [1.54, 1.807) is 0 Å². The van der Waals surface area contributed by atoms with E-state index in [-0.39, 0.29) is 63.4 Å². The van der Waals surface area contributed by atoms with Crippen LogP contribution in [0, 0.1) is 17.3 Å². The molecule has 0 saturated carbocycles. The molecule has 6 aliphatic rings. The molecule has 3 saturated heterocycles. The molecule has 59 heavy (non-hydrogen) atoms. The van der Waals surface area contributed by atoms with Crippen molar-refractivity contribution in [3.8, 4) is 22.6 Å². The Bertz CT molecular complexity index is 1790. The molecule has 0 amide bonds. The van der Waals surface area contributed by atoms with Crippen molar-refractivity contribution in [1.82, 2.24) is 0 Å². The highest BCUT2D eigenvalue weighted by Gasteiger charge is 2.44. The number of aliphatic hydroxyl groups is 3. The van der Waals surface area contributed by atoms with Gasteiger partial charge in [0.1, 0.15) is 73.7 Å². The number of aliphatic hydroxyl groups excluding tert-OH is 3. The molecular formula is C47H60O12. The molecule has 0 aromatic heterocycles. The summed E-state index contributed by atoms with van der Waals surface area (Å²) in [7, 11) is 0. The second-order valence-electron chi connectivity index (χ2n) is 17.4. The molecule has 8 unspecified atom stereocenters. The van der Waals surface area contributed by atoms with Crippen molar-refractivity contribution < 1.29 is 58.0 Å². The van der Waals surface area contributed by atoms with Crippen molar-refractivity contribution in [2.75, 3.05) is 79.3 Å². The minimum absolute atomic E-state index is 0.0251. The fourth-order valence-electron chi connectivity index (χ4n) is 8.30. The van der Waals surface area contributed by atoms with Crippen LogP contribution in [0.25, 0.3) is 11.1 Å². The Kier molecular flexibility index (Phi) is 13.3. The monoisotopic (exact) mass is 816 g/mol. The normalized spacial score (nSPS) is 27.9. The number of fused-ring (bicyclic) bond motifs is 3. The Morgan fingerprint density at radius 1 is 0.627 bits per heavy atom. The molecule has 3 aliphatic heterocycles. The van der Waals surface area contributed by atoms with Gasteiger partial charge in [0, 0.05) is 5.41 Å². The standard InChI is InChI=1S/C47H60O12/c1-46(2,31-8-10-36(11-9-31)54-21-33(48)18-51-24-39-27-57-39)30-4-6-32(7-5-30)47(3)44-14-12-37(55-22-34(49)19-52-25-40-28-58-40)16-42(44)43-17-38(13-15-45(43)47)56-23-35(50)20-53-26-41-29-59-41/h4,6-8,10-17,30-31,33-35,39-41,48-50H,5,9,18-29H2,1-3H3. The minimum atomic E-state index is -0.769. The average Bonchev–Trinajstić information content (AvgIpc) is 4.10. The molecule has 2 aromatic rings. The van der Waals surface area contributed by atoms with Crippen LogP contribution in [0.3, 0.4) is 0 Å². The molecule has 12 heteroatoms. The maximum Gasteiger partial charge on any atom is 0.120 e. The Labute approximate surface area is 347 Å². The van der Waals surface area contributed by atoms with E-state index in [0.717, 1.165) is 47.5 Å². The van der Waals surface area contributed by atoms with Crippen LogP contribution in [0.5, 0.6) is 11.5 Å². The molecule has 0 radical (unpaired) electrons.